The van der Waals surface area contributed by atoms with Crippen molar-refractivity contribution in [2.45, 2.75) is 37.1 Å². The molecule has 0 amide bonds. The monoisotopic (exact) mass is 336 g/mol. The molecule has 1 atom stereocenters. The van der Waals surface area contributed by atoms with Crippen molar-refractivity contribution < 1.29 is 9.90 Å². The van der Waals surface area contributed by atoms with E-state index in [9.17, 15) is 4.79 Å². The molecule has 0 saturated heterocycles. The van der Waals surface area contributed by atoms with Crippen molar-refractivity contribution in [2.75, 3.05) is 0 Å². The van der Waals surface area contributed by atoms with Crippen LogP contribution in [0.1, 0.15) is 31.7 Å². The minimum absolute atomic E-state index is 0.248. The van der Waals surface area contributed by atoms with Crippen LogP contribution in [-0.4, -0.2) is 32.0 Å². The Morgan fingerprint density at radius 1 is 1.44 bits per heavy atom. The zero-order valence-corrected chi connectivity index (χ0v) is 12.1. The van der Waals surface area contributed by atoms with E-state index in [0.29, 0.717) is 10.4 Å². The minimum atomic E-state index is -0.671. The first-order chi connectivity index (χ1) is 7.63. The van der Waals surface area contributed by atoms with E-state index >= 15 is 0 Å². The van der Waals surface area contributed by atoms with E-state index < -0.39 is 5.97 Å². The Kier molecular flexibility index (Phi) is 5.87. The molecule has 0 heterocycles. The van der Waals surface area contributed by atoms with E-state index in [2.05, 4.69) is 38.1 Å². The molecule has 0 aromatic heterocycles. The summed E-state index contributed by atoms with van der Waals surface area (Å²) in [5.74, 6) is -0.671. The second kappa shape index (κ2) is 6.93. The summed E-state index contributed by atoms with van der Waals surface area (Å²) in [5, 5.41) is 8.69. The van der Waals surface area contributed by atoms with Gasteiger partial charge in [-0.15, -0.1) is 0 Å². The molecule has 0 bridgehead atoms. The van der Waals surface area contributed by atoms with Crippen molar-refractivity contribution in [1.82, 2.24) is 0 Å². The standard InChI is InChI=1S/C13H18O2Te/c1-3-11(8-9-13(14)15)16-12-7-5-4-6-10(12)2/h4-7,11H,3,8-9H2,1-2H3,(H,14,15). The maximum absolute atomic E-state index is 10.6. The molecule has 1 aromatic carbocycles. The summed E-state index contributed by atoms with van der Waals surface area (Å²) in [6.07, 6.45) is 2.25. The molecule has 1 unspecified atom stereocenters. The van der Waals surface area contributed by atoms with Gasteiger partial charge in [0.25, 0.3) is 0 Å². The Morgan fingerprint density at radius 3 is 2.69 bits per heavy atom. The predicted octanol–water partition coefficient (Wildman–Crippen LogP) is 2.39. The average Bonchev–Trinajstić information content (AvgIpc) is 2.26. The molecule has 0 fully saturated rings. The van der Waals surface area contributed by atoms with Gasteiger partial charge in [-0.05, 0) is 0 Å². The van der Waals surface area contributed by atoms with Crippen LogP contribution >= 0.6 is 0 Å². The molecule has 0 aliphatic carbocycles. The first-order valence-electron chi connectivity index (χ1n) is 5.57. The SMILES string of the molecule is CCC(CCC(=O)O)[Te]c1ccccc1C. The third-order valence-electron chi connectivity index (χ3n) is 2.52. The zero-order chi connectivity index (χ0) is 12.0. The Bertz CT molecular complexity index is 350. The van der Waals surface area contributed by atoms with E-state index in [1.807, 2.05) is 0 Å². The van der Waals surface area contributed by atoms with Crippen molar-refractivity contribution in [3.05, 3.63) is 29.8 Å². The first kappa shape index (κ1) is 13.5. The van der Waals surface area contributed by atoms with Gasteiger partial charge in [-0.1, -0.05) is 0 Å². The van der Waals surface area contributed by atoms with Crippen LogP contribution in [0.5, 0.6) is 0 Å². The van der Waals surface area contributed by atoms with Crippen LogP contribution in [0.15, 0.2) is 24.3 Å². The molecule has 16 heavy (non-hydrogen) atoms. The van der Waals surface area contributed by atoms with Crippen molar-refractivity contribution >= 4 is 30.5 Å². The van der Waals surface area contributed by atoms with Gasteiger partial charge in [-0.25, -0.2) is 0 Å². The number of aliphatic carboxylic acids is 1. The Labute approximate surface area is 107 Å². The fraction of sp³-hybridized carbons (Fsp3) is 0.462. The summed E-state index contributed by atoms with van der Waals surface area (Å²) in [4.78, 5) is 10.6. The van der Waals surface area contributed by atoms with Gasteiger partial charge in [0.2, 0.25) is 0 Å². The van der Waals surface area contributed by atoms with Gasteiger partial charge < -0.3 is 0 Å². The molecular formula is C13H18O2Te. The van der Waals surface area contributed by atoms with E-state index in [4.69, 9.17) is 5.11 Å². The predicted molar refractivity (Wildman–Crippen MR) is 67.5 cm³/mol. The topological polar surface area (TPSA) is 37.3 Å². The van der Waals surface area contributed by atoms with Gasteiger partial charge in [0, 0.05) is 0 Å². The molecule has 88 valence electrons. The van der Waals surface area contributed by atoms with Crippen molar-refractivity contribution in [3.8, 4) is 0 Å². The number of carbonyl (C=O) groups is 1. The number of hydrogen-bond donors (Lipinski definition) is 1. The van der Waals surface area contributed by atoms with Gasteiger partial charge in [-0.3, -0.25) is 0 Å². The molecule has 0 spiro atoms. The summed E-state index contributed by atoms with van der Waals surface area (Å²) in [6.45, 7) is 4.31. The quantitative estimate of drug-likeness (QED) is 0.812. The molecule has 3 heteroatoms. The first-order valence-corrected chi connectivity index (χ1v) is 8.08. The van der Waals surface area contributed by atoms with E-state index in [-0.39, 0.29) is 20.9 Å². The average molecular weight is 334 g/mol. The van der Waals surface area contributed by atoms with Crippen molar-refractivity contribution in [1.29, 1.82) is 0 Å². The molecule has 0 radical (unpaired) electrons. The molecule has 1 aromatic rings. The second-order valence-corrected chi connectivity index (χ2v) is 7.68. The second-order valence-electron chi connectivity index (χ2n) is 3.85. The van der Waals surface area contributed by atoms with Crippen LogP contribution in [-0.2, 0) is 4.79 Å². The normalized spacial score (nSPS) is 12.4. The van der Waals surface area contributed by atoms with Gasteiger partial charge in [0.1, 0.15) is 0 Å². The number of benzene rings is 1. The van der Waals surface area contributed by atoms with Crippen LogP contribution in [0, 0.1) is 6.92 Å². The number of carboxylic acids is 1. The molecular weight excluding hydrogens is 316 g/mol. The van der Waals surface area contributed by atoms with Crippen LogP contribution < -0.4 is 3.61 Å². The van der Waals surface area contributed by atoms with Crippen molar-refractivity contribution in [3.63, 3.8) is 0 Å². The summed E-state index contributed by atoms with van der Waals surface area (Å²) in [7, 11) is 0. The zero-order valence-electron chi connectivity index (χ0n) is 9.77. The van der Waals surface area contributed by atoms with Crippen LogP contribution in [0.25, 0.3) is 0 Å². The molecule has 0 aliphatic rings. The summed E-state index contributed by atoms with van der Waals surface area (Å²) in [6, 6.07) is 8.48. The fourth-order valence-electron chi connectivity index (χ4n) is 1.50. The van der Waals surface area contributed by atoms with Gasteiger partial charge in [0.15, 0.2) is 0 Å². The van der Waals surface area contributed by atoms with Crippen LogP contribution in [0.4, 0.5) is 0 Å². The molecule has 0 saturated carbocycles. The molecule has 0 aliphatic heterocycles. The van der Waals surface area contributed by atoms with Gasteiger partial charge in [0.05, 0.1) is 0 Å². The number of rotatable bonds is 6. The fourth-order valence-corrected chi connectivity index (χ4v) is 4.85. The van der Waals surface area contributed by atoms with Gasteiger partial charge >= 0.3 is 107 Å². The van der Waals surface area contributed by atoms with Crippen LogP contribution in [0.2, 0.25) is 3.97 Å². The van der Waals surface area contributed by atoms with E-state index in [1.165, 1.54) is 9.17 Å². The van der Waals surface area contributed by atoms with Gasteiger partial charge in [-0.2, -0.15) is 0 Å². The van der Waals surface area contributed by atoms with Crippen molar-refractivity contribution in [2.24, 2.45) is 0 Å². The molecule has 1 rings (SSSR count). The van der Waals surface area contributed by atoms with E-state index in [1.54, 1.807) is 0 Å². The summed E-state index contributed by atoms with van der Waals surface area (Å²) in [5.41, 5.74) is 1.36. The molecule has 2 nitrogen and oxygen atoms in total. The van der Waals surface area contributed by atoms with Crippen LogP contribution in [0.3, 0.4) is 0 Å². The third kappa shape index (κ3) is 4.55. The molecule has 1 N–H and O–H groups in total. The maximum atomic E-state index is 10.6. The Morgan fingerprint density at radius 2 is 2.12 bits per heavy atom. The Hall–Kier alpha value is -0.520. The third-order valence-corrected chi connectivity index (χ3v) is 7.13. The number of carboxylic acid groups (broad SMARTS) is 1. The number of hydrogen-bond acceptors (Lipinski definition) is 1. The Balaban J connectivity index is 2.56. The summed E-state index contributed by atoms with van der Waals surface area (Å²) < 4.78 is 2.09. The summed E-state index contributed by atoms with van der Waals surface area (Å²) >= 11 is -0.248. The number of aryl methyl sites for hydroxylation is 1. The van der Waals surface area contributed by atoms with E-state index in [0.717, 1.165) is 12.8 Å².